The number of methoxy groups -OCH3 is 1. The van der Waals surface area contributed by atoms with E-state index in [9.17, 15) is 0 Å². The van der Waals surface area contributed by atoms with E-state index >= 15 is 0 Å². The molecular formula is C15H18BrN3O2. The summed E-state index contributed by atoms with van der Waals surface area (Å²) >= 11 is 3.48. The van der Waals surface area contributed by atoms with Gasteiger partial charge in [0.05, 0.1) is 7.11 Å². The summed E-state index contributed by atoms with van der Waals surface area (Å²) < 4.78 is 11.7. The quantitative estimate of drug-likeness (QED) is 0.824. The summed E-state index contributed by atoms with van der Waals surface area (Å²) in [5.41, 5.74) is 1.02. The summed E-state index contributed by atoms with van der Waals surface area (Å²) in [5.74, 6) is 2.07. The first-order valence-corrected chi connectivity index (χ1v) is 7.54. The number of benzene rings is 1. The molecule has 0 amide bonds. The standard InChI is InChI=1S/C15H18BrN3O2/c1-3-7-17-14-13(16)15(19-10-18-14)21-9-11-5-4-6-12(8-11)20-2/h4-6,8,10H,3,7,9H2,1-2H3,(H,17,18,19). The molecule has 6 heteroatoms. The van der Waals surface area contributed by atoms with Gasteiger partial charge in [-0.05, 0) is 40.0 Å². The summed E-state index contributed by atoms with van der Waals surface area (Å²) in [6.07, 6.45) is 2.51. The topological polar surface area (TPSA) is 56.3 Å². The Morgan fingerprint density at radius 3 is 2.90 bits per heavy atom. The van der Waals surface area contributed by atoms with Gasteiger partial charge in [0.15, 0.2) is 0 Å². The Hall–Kier alpha value is -1.82. The van der Waals surface area contributed by atoms with Gasteiger partial charge in [-0.2, -0.15) is 0 Å². The van der Waals surface area contributed by atoms with Crippen molar-refractivity contribution >= 4 is 21.7 Å². The number of nitrogens with one attached hydrogen (secondary N) is 1. The summed E-state index contributed by atoms with van der Waals surface area (Å²) in [5, 5.41) is 3.22. The van der Waals surface area contributed by atoms with Crippen LogP contribution in [-0.4, -0.2) is 23.6 Å². The molecule has 112 valence electrons. The van der Waals surface area contributed by atoms with E-state index in [-0.39, 0.29) is 0 Å². The van der Waals surface area contributed by atoms with Gasteiger partial charge in [0, 0.05) is 6.54 Å². The van der Waals surface area contributed by atoms with Crippen molar-refractivity contribution in [3.8, 4) is 11.6 Å². The molecule has 5 nitrogen and oxygen atoms in total. The molecule has 1 N–H and O–H groups in total. The maximum atomic E-state index is 5.75. The molecule has 0 spiro atoms. The Morgan fingerprint density at radius 2 is 2.14 bits per heavy atom. The Kier molecular flexibility index (Phi) is 5.80. The van der Waals surface area contributed by atoms with Gasteiger partial charge in [0.2, 0.25) is 5.88 Å². The van der Waals surface area contributed by atoms with E-state index < -0.39 is 0 Å². The lowest BCUT2D eigenvalue weighted by Crippen LogP contribution is -2.05. The van der Waals surface area contributed by atoms with Crippen LogP contribution in [0.2, 0.25) is 0 Å². The molecule has 0 fully saturated rings. The number of halogens is 1. The molecule has 0 saturated carbocycles. The largest absolute Gasteiger partial charge is 0.497 e. The van der Waals surface area contributed by atoms with Crippen LogP contribution in [-0.2, 0) is 6.61 Å². The highest BCUT2D eigenvalue weighted by Gasteiger charge is 2.09. The third kappa shape index (κ3) is 4.32. The molecule has 2 aromatic rings. The van der Waals surface area contributed by atoms with Gasteiger partial charge in [-0.3, -0.25) is 0 Å². The predicted octanol–water partition coefficient (Wildman–Crippen LogP) is 3.65. The molecule has 0 aliphatic rings. The minimum absolute atomic E-state index is 0.417. The fourth-order valence-corrected chi connectivity index (χ4v) is 2.19. The van der Waals surface area contributed by atoms with Gasteiger partial charge in [0.1, 0.15) is 29.0 Å². The average molecular weight is 352 g/mol. The highest BCUT2D eigenvalue weighted by molar-refractivity contribution is 9.10. The van der Waals surface area contributed by atoms with Gasteiger partial charge in [0.25, 0.3) is 0 Å². The third-order valence-electron chi connectivity index (χ3n) is 2.81. The molecule has 1 aromatic carbocycles. The number of nitrogens with zero attached hydrogens (tertiary/aromatic N) is 2. The predicted molar refractivity (Wildman–Crippen MR) is 85.8 cm³/mol. The van der Waals surface area contributed by atoms with E-state index in [4.69, 9.17) is 9.47 Å². The maximum absolute atomic E-state index is 5.75. The summed E-state index contributed by atoms with van der Waals surface area (Å²) in [7, 11) is 1.65. The van der Waals surface area contributed by atoms with E-state index in [1.807, 2.05) is 24.3 Å². The van der Waals surface area contributed by atoms with Crippen LogP contribution in [0.3, 0.4) is 0 Å². The second kappa shape index (κ2) is 7.83. The first kappa shape index (κ1) is 15.6. The van der Waals surface area contributed by atoms with Crippen molar-refractivity contribution in [3.63, 3.8) is 0 Å². The first-order valence-electron chi connectivity index (χ1n) is 6.74. The monoisotopic (exact) mass is 351 g/mol. The van der Waals surface area contributed by atoms with Gasteiger partial charge < -0.3 is 14.8 Å². The Morgan fingerprint density at radius 1 is 1.29 bits per heavy atom. The average Bonchev–Trinajstić information content (AvgIpc) is 2.53. The third-order valence-corrected chi connectivity index (χ3v) is 3.52. The van der Waals surface area contributed by atoms with Crippen LogP contribution in [0.1, 0.15) is 18.9 Å². The van der Waals surface area contributed by atoms with Crippen LogP contribution >= 0.6 is 15.9 Å². The molecule has 1 aromatic heterocycles. The maximum Gasteiger partial charge on any atom is 0.233 e. The fraction of sp³-hybridized carbons (Fsp3) is 0.333. The van der Waals surface area contributed by atoms with E-state index in [0.717, 1.165) is 34.6 Å². The molecule has 0 radical (unpaired) electrons. The van der Waals surface area contributed by atoms with Crippen molar-refractivity contribution in [2.45, 2.75) is 20.0 Å². The Balaban J connectivity index is 2.05. The number of hydrogen-bond donors (Lipinski definition) is 1. The highest BCUT2D eigenvalue weighted by atomic mass is 79.9. The summed E-state index contributed by atoms with van der Waals surface area (Å²) in [4.78, 5) is 8.34. The zero-order valence-electron chi connectivity index (χ0n) is 12.1. The SMILES string of the molecule is CCCNc1ncnc(OCc2cccc(OC)c2)c1Br. The molecule has 0 aliphatic heterocycles. The number of ether oxygens (including phenoxy) is 2. The van der Waals surface area contributed by atoms with Gasteiger partial charge in [-0.25, -0.2) is 9.97 Å². The van der Waals surface area contributed by atoms with Gasteiger partial charge >= 0.3 is 0 Å². The smallest absolute Gasteiger partial charge is 0.233 e. The fourth-order valence-electron chi connectivity index (χ4n) is 1.73. The summed E-state index contributed by atoms with van der Waals surface area (Å²) in [6, 6.07) is 7.75. The first-order chi connectivity index (χ1) is 10.2. The molecular weight excluding hydrogens is 334 g/mol. The lowest BCUT2D eigenvalue weighted by molar-refractivity contribution is 0.290. The molecule has 0 atom stereocenters. The second-order valence-corrected chi connectivity index (χ2v) is 5.20. The van der Waals surface area contributed by atoms with Crippen LogP contribution in [0.4, 0.5) is 5.82 Å². The van der Waals surface area contributed by atoms with Gasteiger partial charge in [-0.15, -0.1) is 0 Å². The molecule has 0 unspecified atom stereocenters. The second-order valence-electron chi connectivity index (χ2n) is 4.41. The van der Waals surface area contributed by atoms with E-state index in [2.05, 4.69) is 38.1 Å². The minimum atomic E-state index is 0.417. The normalized spacial score (nSPS) is 10.2. The number of aromatic nitrogens is 2. The minimum Gasteiger partial charge on any atom is -0.497 e. The highest BCUT2D eigenvalue weighted by Crippen LogP contribution is 2.29. The van der Waals surface area contributed by atoms with Crippen molar-refractivity contribution in [2.75, 3.05) is 19.0 Å². The molecule has 0 bridgehead atoms. The molecule has 0 saturated heterocycles. The number of rotatable bonds is 7. The molecule has 1 heterocycles. The molecule has 21 heavy (non-hydrogen) atoms. The molecule has 2 rings (SSSR count). The van der Waals surface area contributed by atoms with Crippen molar-refractivity contribution in [1.82, 2.24) is 9.97 Å². The van der Waals surface area contributed by atoms with Crippen molar-refractivity contribution in [2.24, 2.45) is 0 Å². The number of hydrogen-bond acceptors (Lipinski definition) is 5. The summed E-state index contributed by atoms with van der Waals surface area (Å²) in [6.45, 7) is 3.37. The molecule has 0 aliphatic carbocycles. The van der Waals surface area contributed by atoms with E-state index in [1.165, 1.54) is 6.33 Å². The zero-order chi connectivity index (χ0) is 15.1. The van der Waals surface area contributed by atoms with Gasteiger partial charge in [-0.1, -0.05) is 19.1 Å². The Bertz CT molecular complexity index is 593. The lowest BCUT2D eigenvalue weighted by atomic mass is 10.2. The number of anilines is 1. The van der Waals surface area contributed by atoms with E-state index in [0.29, 0.717) is 12.5 Å². The zero-order valence-corrected chi connectivity index (χ0v) is 13.7. The van der Waals surface area contributed by atoms with Crippen LogP contribution in [0, 0.1) is 0 Å². The van der Waals surface area contributed by atoms with Crippen molar-refractivity contribution in [3.05, 3.63) is 40.6 Å². The van der Waals surface area contributed by atoms with Crippen molar-refractivity contribution in [1.29, 1.82) is 0 Å². The van der Waals surface area contributed by atoms with Crippen LogP contribution in [0.25, 0.3) is 0 Å². The lowest BCUT2D eigenvalue weighted by Gasteiger charge is -2.11. The van der Waals surface area contributed by atoms with E-state index in [1.54, 1.807) is 7.11 Å². The van der Waals surface area contributed by atoms with Crippen LogP contribution in [0.15, 0.2) is 35.1 Å². The van der Waals surface area contributed by atoms with Crippen LogP contribution in [0.5, 0.6) is 11.6 Å². The van der Waals surface area contributed by atoms with Crippen LogP contribution < -0.4 is 14.8 Å². The van der Waals surface area contributed by atoms with Crippen molar-refractivity contribution < 1.29 is 9.47 Å². The Labute approximate surface area is 132 Å².